The Balaban J connectivity index is 1.95. The second kappa shape index (κ2) is 5.25. The van der Waals surface area contributed by atoms with Gasteiger partial charge in [-0.2, -0.15) is 0 Å². The molecule has 0 aliphatic heterocycles. The Morgan fingerprint density at radius 3 is 2.90 bits per heavy atom. The van der Waals surface area contributed by atoms with E-state index in [2.05, 4.69) is 15.3 Å². The summed E-state index contributed by atoms with van der Waals surface area (Å²) in [5, 5.41) is 3.17. The monoisotopic (exact) mass is 293 g/mol. The molecule has 104 valence electrons. The Bertz CT molecular complexity index is 714. The van der Waals surface area contributed by atoms with Gasteiger partial charge in [-0.1, -0.05) is 11.6 Å². The number of hydrogen-bond acceptors (Lipinski definition) is 3. The highest BCUT2D eigenvalue weighted by molar-refractivity contribution is 6.33. The van der Waals surface area contributed by atoms with Crippen molar-refractivity contribution in [1.29, 1.82) is 0 Å². The molecule has 0 saturated heterocycles. The first-order valence-corrected chi connectivity index (χ1v) is 6.85. The molecule has 1 aliphatic rings. The Morgan fingerprint density at radius 2 is 2.10 bits per heavy atom. The zero-order valence-corrected chi connectivity index (χ0v) is 11.4. The van der Waals surface area contributed by atoms with E-state index in [-0.39, 0.29) is 10.6 Å². The van der Waals surface area contributed by atoms with Crippen LogP contribution in [-0.2, 0) is 12.8 Å². The molecule has 1 heterocycles. The van der Waals surface area contributed by atoms with Crippen LogP contribution in [0.25, 0.3) is 0 Å². The number of H-pyrrole nitrogens is 1. The number of nitrogens with zero attached hydrogens (tertiary/aromatic N) is 1. The van der Waals surface area contributed by atoms with Gasteiger partial charge in [0.2, 0.25) is 5.95 Å². The highest BCUT2D eigenvalue weighted by Crippen LogP contribution is 2.25. The van der Waals surface area contributed by atoms with Crippen molar-refractivity contribution < 1.29 is 4.39 Å². The van der Waals surface area contributed by atoms with Gasteiger partial charge < -0.3 is 5.32 Å². The second-order valence-electron chi connectivity index (χ2n) is 4.80. The second-order valence-corrected chi connectivity index (χ2v) is 5.20. The van der Waals surface area contributed by atoms with Crippen LogP contribution in [0, 0.1) is 5.82 Å². The minimum absolute atomic E-state index is 0.115. The quantitative estimate of drug-likeness (QED) is 0.894. The molecule has 2 aromatic rings. The zero-order valence-electron chi connectivity index (χ0n) is 10.7. The average Bonchev–Trinajstić information content (AvgIpc) is 2.42. The summed E-state index contributed by atoms with van der Waals surface area (Å²) < 4.78 is 13.0. The molecule has 0 unspecified atom stereocenters. The Hall–Kier alpha value is -1.88. The van der Waals surface area contributed by atoms with E-state index in [1.807, 2.05) is 0 Å². The van der Waals surface area contributed by atoms with Gasteiger partial charge in [0.15, 0.2) is 0 Å². The van der Waals surface area contributed by atoms with Crippen LogP contribution in [0.2, 0.25) is 5.02 Å². The lowest BCUT2D eigenvalue weighted by Crippen LogP contribution is -2.22. The number of benzene rings is 1. The van der Waals surface area contributed by atoms with Crippen LogP contribution in [-0.4, -0.2) is 9.97 Å². The van der Waals surface area contributed by atoms with Crippen LogP contribution in [0.15, 0.2) is 23.0 Å². The molecule has 0 spiro atoms. The maximum atomic E-state index is 13.0. The maximum absolute atomic E-state index is 13.0. The minimum atomic E-state index is -0.410. The van der Waals surface area contributed by atoms with Crippen molar-refractivity contribution in [2.45, 2.75) is 25.7 Å². The number of nitrogens with one attached hydrogen (secondary N) is 2. The summed E-state index contributed by atoms with van der Waals surface area (Å²) in [7, 11) is 0. The van der Waals surface area contributed by atoms with E-state index in [1.165, 1.54) is 18.2 Å². The molecule has 6 heteroatoms. The van der Waals surface area contributed by atoms with Crippen LogP contribution >= 0.6 is 11.6 Å². The van der Waals surface area contributed by atoms with Gasteiger partial charge in [0.05, 0.1) is 16.4 Å². The molecule has 0 fully saturated rings. The van der Waals surface area contributed by atoms with E-state index in [0.29, 0.717) is 11.6 Å². The van der Waals surface area contributed by atoms with Gasteiger partial charge in [-0.05, 0) is 43.9 Å². The van der Waals surface area contributed by atoms with E-state index in [9.17, 15) is 9.18 Å². The van der Waals surface area contributed by atoms with Crippen molar-refractivity contribution in [2.24, 2.45) is 0 Å². The normalized spacial score (nSPS) is 13.9. The molecular weight excluding hydrogens is 281 g/mol. The van der Waals surface area contributed by atoms with E-state index in [4.69, 9.17) is 11.6 Å². The molecule has 0 atom stereocenters. The third kappa shape index (κ3) is 2.54. The van der Waals surface area contributed by atoms with Gasteiger partial charge >= 0.3 is 0 Å². The SMILES string of the molecule is O=c1[nH]c(Nc2ccc(F)cc2Cl)nc2c1CCCC2. The summed E-state index contributed by atoms with van der Waals surface area (Å²) in [6, 6.07) is 4.02. The predicted molar refractivity (Wildman–Crippen MR) is 76.2 cm³/mol. The Labute approximate surface area is 120 Å². The van der Waals surface area contributed by atoms with E-state index in [1.54, 1.807) is 0 Å². The van der Waals surface area contributed by atoms with Crippen LogP contribution in [0.1, 0.15) is 24.1 Å². The van der Waals surface area contributed by atoms with Gasteiger partial charge in [-0.15, -0.1) is 0 Å². The fourth-order valence-electron chi connectivity index (χ4n) is 2.38. The Kier molecular flexibility index (Phi) is 3.44. The molecule has 0 bridgehead atoms. The van der Waals surface area contributed by atoms with Crippen molar-refractivity contribution >= 4 is 23.2 Å². The summed E-state index contributed by atoms with van der Waals surface area (Å²) in [4.78, 5) is 19.1. The molecule has 0 saturated carbocycles. The number of aromatic nitrogens is 2. The first kappa shape index (κ1) is 13.1. The third-order valence-corrected chi connectivity index (χ3v) is 3.69. The van der Waals surface area contributed by atoms with Crippen molar-refractivity contribution in [3.05, 3.63) is 50.7 Å². The largest absolute Gasteiger partial charge is 0.324 e. The molecule has 0 amide bonds. The van der Waals surface area contributed by atoms with Crippen molar-refractivity contribution in [3.63, 3.8) is 0 Å². The van der Waals surface area contributed by atoms with Crippen molar-refractivity contribution in [3.8, 4) is 0 Å². The molecular formula is C14H13ClFN3O. The van der Waals surface area contributed by atoms with Gasteiger partial charge in [-0.25, -0.2) is 9.37 Å². The topological polar surface area (TPSA) is 57.8 Å². The summed E-state index contributed by atoms with van der Waals surface area (Å²) in [5.74, 6) is -0.0726. The fraction of sp³-hybridized carbons (Fsp3) is 0.286. The lowest BCUT2D eigenvalue weighted by Gasteiger charge is -2.15. The summed E-state index contributed by atoms with van der Waals surface area (Å²) in [6.45, 7) is 0. The van der Waals surface area contributed by atoms with Crippen molar-refractivity contribution in [1.82, 2.24) is 9.97 Å². The minimum Gasteiger partial charge on any atom is -0.324 e. The highest BCUT2D eigenvalue weighted by Gasteiger charge is 2.15. The van der Waals surface area contributed by atoms with Crippen LogP contribution in [0.3, 0.4) is 0 Å². The van der Waals surface area contributed by atoms with Gasteiger partial charge in [0.25, 0.3) is 5.56 Å². The fourth-order valence-corrected chi connectivity index (χ4v) is 2.60. The summed E-state index contributed by atoms with van der Waals surface area (Å²) in [5.41, 5.74) is 2.00. The summed E-state index contributed by atoms with van der Waals surface area (Å²) in [6.07, 6.45) is 3.65. The number of fused-ring (bicyclic) bond motifs is 1. The number of aryl methyl sites for hydroxylation is 1. The van der Waals surface area contributed by atoms with Crippen LogP contribution in [0.4, 0.5) is 16.0 Å². The van der Waals surface area contributed by atoms with E-state index in [0.717, 1.165) is 36.9 Å². The van der Waals surface area contributed by atoms with Crippen LogP contribution < -0.4 is 10.9 Å². The zero-order chi connectivity index (χ0) is 14.1. The van der Waals surface area contributed by atoms with E-state index < -0.39 is 5.82 Å². The molecule has 1 aromatic carbocycles. The lowest BCUT2D eigenvalue weighted by molar-refractivity contribution is 0.628. The first-order valence-electron chi connectivity index (χ1n) is 6.47. The van der Waals surface area contributed by atoms with Crippen molar-refractivity contribution in [2.75, 3.05) is 5.32 Å². The highest BCUT2D eigenvalue weighted by atomic mass is 35.5. The van der Waals surface area contributed by atoms with Crippen LogP contribution in [0.5, 0.6) is 0 Å². The summed E-state index contributed by atoms with van der Waals surface area (Å²) >= 11 is 5.94. The molecule has 3 rings (SSSR count). The molecule has 20 heavy (non-hydrogen) atoms. The number of hydrogen-bond donors (Lipinski definition) is 2. The molecule has 0 radical (unpaired) electrons. The number of rotatable bonds is 2. The molecule has 4 nitrogen and oxygen atoms in total. The van der Waals surface area contributed by atoms with Gasteiger partial charge in [0.1, 0.15) is 5.82 Å². The molecule has 1 aliphatic carbocycles. The van der Waals surface area contributed by atoms with Gasteiger partial charge in [0, 0.05) is 5.56 Å². The average molecular weight is 294 g/mol. The molecule has 2 N–H and O–H groups in total. The standard InChI is InChI=1S/C14H13ClFN3O/c15-10-7-8(16)5-6-12(10)18-14-17-11-4-2-1-3-9(11)13(20)19-14/h5-7H,1-4H2,(H2,17,18,19,20). The lowest BCUT2D eigenvalue weighted by atomic mass is 9.97. The molecule has 1 aromatic heterocycles. The first-order chi connectivity index (χ1) is 9.63. The predicted octanol–water partition coefficient (Wildman–Crippen LogP) is 3.18. The number of halogens is 2. The Morgan fingerprint density at radius 1 is 1.30 bits per heavy atom. The number of anilines is 2. The number of aromatic amines is 1. The maximum Gasteiger partial charge on any atom is 0.255 e. The van der Waals surface area contributed by atoms with Gasteiger partial charge in [-0.3, -0.25) is 9.78 Å². The van der Waals surface area contributed by atoms with E-state index >= 15 is 0 Å². The third-order valence-electron chi connectivity index (χ3n) is 3.38. The smallest absolute Gasteiger partial charge is 0.255 e.